The molecule has 0 spiro atoms. The lowest BCUT2D eigenvalue weighted by Gasteiger charge is -2.01. The predicted molar refractivity (Wildman–Crippen MR) is 62.1 cm³/mol. The van der Waals surface area contributed by atoms with Crippen LogP contribution in [0, 0.1) is 4.77 Å². The molecule has 1 aromatic heterocycles. The van der Waals surface area contributed by atoms with Gasteiger partial charge in [0.25, 0.3) is 0 Å². The lowest BCUT2D eigenvalue weighted by atomic mass is 10.1. The number of aromatic nitrogens is 2. The maximum atomic E-state index is 9.35. The number of nitrogens with zero attached hydrogens (tertiary/aromatic N) is 1. The molecule has 0 unspecified atom stereocenters. The molecule has 0 aliphatic rings. The smallest absolute Gasteiger partial charge is 0.178 e. The van der Waals surface area contributed by atoms with Crippen LogP contribution < -0.4 is 5.73 Å². The monoisotopic (exact) mass is 221 g/mol. The summed E-state index contributed by atoms with van der Waals surface area (Å²) in [5, 5.41) is 9.35. The highest BCUT2D eigenvalue weighted by Crippen LogP contribution is 2.26. The average molecular weight is 221 g/mol. The molecule has 1 heterocycles. The van der Waals surface area contributed by atoms with Gasteiger partial charge in [0.2, 0.25) is 0 Å². The Morgan fingerprint density at radius 2 is 2.20 bits per heavy atom. The van der Waals surface area contributed by atoms with Crippen molar-refractivity contribution in [3.8, 4) is 17.0 Å². The van der Waals surface area contributed by atoms with Crippen molar-refractivity contribution in [2.45, 2.75) is 0 Å². The van der Waals surface area contributed by atoms with Gasteiger partial charge >= 0.3 is 0 Å². The molecule has 78 valence electrons. The van der Waals surface area contributed by atoms with Crippen LogP contribution in [0.15, 0.2) is 24.3 Å². The third-order valence-corrected chi connectivity index (χ3v) is 2.66. The molecule has 2 aromatic rings. The van der Waals surface area contributed by atoms with Gasteiger partial charge in [-0.3, -0.25) is 0 Å². The number of benzene rings is 1. The molecule has 0 bridgehead atoms. The Morgan fingerprint density at radius 3 is 2.73 bits per heavy atom. The molecular formula is C10H11N3OS. The van der Waals surface area contributed by atoms with E-state index >= 15 is 0 Å². The zero-order valence-corrected chi connectivity index (χ0v) is 9.01. The largest absolute Gasteiger partial charge is 0.508 e. The van der Waals surface area contributed by atoms with Crippen LogP contribution in [0.5, 0.6) is 5.75 Å². The van der Waals surface area contributed by atoms with E-state index in [0.29, 0.717) is 10.6 Å². The fourth-order valence-electron chi connectivity index (χ4n) is 1.41. The maximum absolute atomic E-state index is 9.35. The van der Waals surface area contributed by atoms with Crippen molar-refractivity contribution in [3.05, 3.63) is 29.0 Å². The first-order valence-electron chi connectivity index (χ1n) is 4.43. The summed E-state index contributed by atoms with van der Waals surface area (Å²) < 4.78 is 2.25. The Kier molecular flexibility index (Phi) is 2.24. The minimum atomic E-state index is 0.204. The molecule has 0 aliphatic carbocycles. The molecule has 0 aliphatic heterocycles. The second kappa shape index (κ2) is 3.43. The van der Waals surface area contributed by atoms with Crippen molar-refractivity contribution >= 4 is 18.0 Å². The molecule has 4 N–H and O–H groups in total. The molecule has 0 atom stereocenters. The number of hydrogen-bond acceptors (Lipinski definition) is 3. The van der Waals surface area contributed by atoms with Gasteiger partial charge in [-0.2, -0.15) is 0 Å². The summed E-state index contributed by atoms with van der Waals surface area (Å²) in [7, 11) is 1.79. The first-order chi connectivity index (χ1) is 7.09. The minimum Gasteiger partial charge on any atom is -0.508 e. The fourth-order valence-corrected chi connectivity index (χ4v) is 1.61. The van der Waals surface area contributed by atoms with Crippen molar-refractivity contribution in [2.24, 2.45) is 7.05 Å². The summed E-state index contributed by atoms with van der Waals surface area (Å²) in [4.78, 5) is 3.00. The van der Waals surface area contributed by atoms with E-state index in [1.54, 1.807) is 29.8 Å². The molecule has 0 amide bonds. The van der Waals surface area contributed by atoms with E-state index in [2.05, 4.69) is 4.98 Å². The molecule has 2 rings (SSSR count). The summed E-state index contributed by atoms with van der Waals surface area (Å²) in [5.41, 5.74) is 7.42. The normalized spacial score (nSPS) is 10.5. The van der Waals surface area contributed by atoms with Crippen LogP contribution in [0.25, 0.3) is 11.3 Å². The van der Waals surface area contributed by atoms with E-state index in [9.17, 15) is 5.11 Å². The highest BCUT2D eigenvalue weighted by atomic mass is 32.1. The summed E-state index contributed by atoms with van der Waals surface area (Å²) in [6, 6.07) is 6.86. The van der Waals surface area contributed by atoms with E-state index in [-0.39, 0.29) is 5.75 Å². The van der Waals surface area contributed by atoms with E-state index in [1.807, 2.05) is 6.07 Å². The molecule has 0 saturated carbocycles. The van der Waals surface area contributed by atoms with E-state index in [1.165, 1.54) is 0 Å². The van der Waals surface area contributed by atoms with Crippen LogP contribution in [-0.4, -0.2) is 14.7 Å². The van der Waals surface area contributed by atoms with Crippen molar-refractivity contribution in [2.75, 3.05) is 5.73 Å². The SMILES string of the molecule is Cn1c(N)c(-c2cccc(O)c2)[nH]c1=S. The average Bonchev–Trinajstić information content (AvgIpc) is 2.46. The third-order valence-electron chi connectivity index (χ3n) is 2.29. The van der Waals surface area contributed by atoms with Gasteiger partial charge in [-0.1, -0.05) is 12.1 Å². The Balaban J connectivity index is 2.64. The molecule has 4 nitrogen and oxygen atoms in total. The molecule has 1 aromatic carbocycles. The molecule has 0 saturated heterocycles. The minimum absolute atomic E-state index is 0.204. The van der Waals surface area contributed by atoms with Gasteiger partial charge in [0.05, 0.1) is 5.69 Å². The quantitative estimate of drug-likeness (QED) is 0.645. The standard InChI is InChI=1S/C10H11N3OS/c1-13-9(11)8(12-10(13)15)6-3-2-4-7(14)5-6/h2-5,14H,11H2,1H3,(H,12,15). The number of aromatic amines is 1. The lowest BCUT2D eigenvalue weighted by molar-refractivity contribution is 0.475. The van der Waals surface area contributed by atoms with Crippen molar-refractivity contribution in [3.63, 3.8) is 0 Å². The number of phenols is 1. The molecule has 0 fully saturated rings. The second-order valence-electron chi connectivity index (χ2n) is 3.30. The van der Waals surface area contributed by atoms with Gasteiger partial charge in [0, 0.05) is 12.6 Å². The Labute approximate surface area is 92.0 Å². The highest BCUT2D eigenvalue weighted by Gasteiger charge is 2.08. The number of imidazole rings is 1. The molecule has 0 radical (unpaired) electrons. The van der Waals surface area contributed by atoms with E-state index < -0.39 is 0 Å². The van der Waals surface area contributed by atoms with Crippen LogP contribution in [0.4, 0.5) is 5.82 Å². The van der Waals surface area contributed by atoms with E-state index in [4.69, 9.17) is 18.0 Å². The predicted octanol–water partition coefficient (Wildman–Crippen LogP) is 2.04. The number of nitrogens with two attached hydrogens (primary N) is 1. The maximum Gasteiger partial charge on any atom is 0.178 e. The van der Waals surface area contributed by atoms with Gasteiger partial charge in [0.15, 0.2) is 4.77 Å². The number of rotatable bonds is 1. The Morgan fingerprint density at radius 1 is 1.47 bits per heavy atom. The first-order valence-corrected chi connectivity index (χ1v) is 4.84. The highest BCUT2D eigenvalue weighted by molar-refractivity contribution is 7.71. The zero-order chi connectivity index (χ0) is 11.0. The number of H-pyrrole nitrogens is 1. The second-order valence-corrected chi connectivity index (χ2v) is 3.69. The summed E-state index contributed by atoms with van der Waals surface area (Å²) in [6.07, 6.45) is 0. The number of anilines is 1. The Bertz CT molecular complexity index is 556. The number of nitrogen functional groups attached to an aromatic ring is 1. The first kappa shape index (κ1) is 9.79. The lowest BCUT2D eigenvalue weighted by Crippen LogP contribution is -1.96. The van der Waals surface area contributed by atoms with E-state index in [0.717, 1.165) is 11.3 Å². The van der Waals surface area contributed by atoms with Gasteiger partial charge in [-0.15, -0.1) is 0 Å². The molecule has 15 heavy (non-hydrogen) atoms. The molecule has 5 heteroatoms. The number of aromatic hydroxyl groups is 1. The van der Waals surface area contributed by atoms with Gasteiger partial charge < -0.3 is 20.4 Å². The van der Waals surface area contributed by atoms with Crippen LogP contribution in [0.1, 0.15) is 0 Å². The number of phenolic OH excluding ortho intramolecular Hbond substituents is 1. The third kappa shape index (κ3) is 1.61. The van der Waals surface area contributed by atoms with Gasteiger partial charge in [-0.25, -0.2) is 0 Å². The number of hydrogen-bond donors (Lipinski definition) is 3. The molecular weight excluding hydrogens is 210 g/mol. The Hall–Kier alpha value is -1.75. The fraction of sp³-hybridized carbons (Fsp3) is 0.100. The summed E-state index contributed by atoms with van der Waals surface area (Å²) in [6.45, 7) is 0. The summed E-state index contributed by atoms with van der Waals surface area (Å²) >= 11 is 5.06. The van der Waals surface area contributed by atoms with Crippen LogP contribution >= 0.6 is 12.2 Å². The topological polar surface area (TPSA) is 67.0 Å². The van der Waals surface area contributed by atoms with Crippen LogP contribution in [0.3, 0.4) is 0 Å². The summed E-state index contributed by atoms with van der Waals surface area (Å²) in [5.74, 6) is 0.765. The van der Waals surface area contributed by atoms with Crippen molar-refractivity contribution in [1.29, 1.82) is 0 Å². The number of nitrogens with one attached hydrogen (secondary N) is 1. The van der Waals surface area contributed by atoms with Crippen LogP contribution in [0.2, 0.25) is 0 Å². The zero-order valence-electron chi connectivity index (χ0n) is 8.19. The van der Waals surface area contributed by atoms with Crippen molar-refractivity contribution < 1.29 is 5.11 Å². The van der Waals surface area contributed by atoms with Crippen LogP contribution in [-0.2, 0) is 7.05 Å². The van der Waals surface area contributed by atoms with Crippen molar-refractivity contribution in [1.82, 2.24) is 9.55 Å². The van der Waals surface area contributed by atoms with Gasteiger partial charge in [-0.05, 0) is 24.4 Å². The van der Waals surface area contributed by atoms with Gasteiger partial charge in [0.1, 0.15) is 11.6 Å².